The van der Waals surface area contributed by atoms with Crippen molar-refractivity contribution in [3.05, 3.63) is 78.0 Å². The van der Waals surface area contributed by atoms with Gasteiger partial charge in [-0.2, -0.15) is 13.2 Å². The largest absolute Gasteiger partial charge is 0.418 e. The zero-order valence-electron chi connectivity index (χ0n) is 16.9. The molecule has 0 fully saturated rings. The first-order chi connectivity index (χ1) is 15.9. The molecule has 10 heteroatoms. The van der Waals surface area contributed by atoms with Gasteiger partial charge in [0.2, 0.25) is 6.41 Å². The molecular formula is C23H15F3N6O. The van der Waals surface area contributed by atoms with E-state index in [0.29, 0.717) is 23.4 Å². The Hall–Kier alpha value is -4.34. The van der Waals surface area contributed by atoms with Crippen molar-refractivity contribution < 1.29 is 18.0 Å². The first kappa shape index (κ1) is 20.6. The minimum atomic E-state index is -4.64. The number of alkyl halides is 3. The molecule has 0 unspecified atom stereocenters. The maximum atomic E-state index is 13.5. The third-order valence-corrected chi connectivity index (χ3v) is 5.19. The molecule has 5 rings (SSSR count). The van der Waals surface area contributed by atoms with E-state index in [1.165, 1.54) is 12.1 Å². The third-order valence-electron chi connectivity index (χ3n) is 5.19. The van der Waals surface area contributed by atoms with Crippen molar-refractivity contribution in [3.8, 4) is 11.3 Å². The van der Waals surface area contributed by atoms with Gasteiger partial charge in [-0.15, -0.1) is 5.10 Å². The van der Waals surface area contributed by atoms with E-state index in [1.54, 1.807) is 23.0 Å². The van der Waals surface area contributed by atoms with Gasteiger partial charge in [-0.05, 0) is 48.0 Å². The molecule has 0 aliphatic rings. The van der Waals surface area contributed by atoms with E-state index < -0.39 is 11.7 Å². The monoisotopic (exact) mass is 448 g/mol. The van der Waals surface area contributed by atoms with E-state index in [4.69, 9.17) is 0 Å². The zero-order valence-corrected chi connectivity index (χ0v) is 16.9. The van der Waals surface area contributed by atoms with Crippen LogP contribution in [0.4, 0.5) is 18.9 Å². The van der Waals surface area contributed by atoms with Gasteiger partial charge in [0.15, 0.2) is 5.65 Å². The number of nitrogens with one attached hydrogen (secondary N) is 1. The molecule has 3 heterocycles. The Morgan fingerprint density at radius 2 is 1.85 bits per heavy atom. The molecule has 1 amide bonds. The number of pyridine rings is 2. The van der Waals surface area contributed by atoms with E-state index in [1.807, 2.05) is 30.3 Å². The second kappa shape index (κ2) is 7.97. The summed E-state index contributed by atoms with van der Waals surface area (Å²) in [6, 6.07) is 16.5. The normalized spacial score (nSPS) is 11.7. The Morgan fingerprint density at radius 3 is 2.67 bits per heavy atom. The summed E-state index contributed by atoms with van der Waals surface area (Å²) in [6.45, 7) is 0.383. The van der Waals surface area contributed by atoms with Crippen LogP contribution in [0.5, 0.6) is 0 Å². The number of rotatable bonds is 5. The van der Waals surface area contributed by atoms with E-state index in [-0.39, 0.29) is 17.7 Å². The van der Waals surface area contributed by atoms with Crippen molar-refractivity contribution in [1.29, 1.82) is 0 Å². The Labute approximate surface area is 184 Å². The molecule has 0 bridgehead atoms. The highest BCUT2D eigenvalue weighted by molar-refractivity contribution is 5.80. The molecule has 7 nitrogen and oxygen atoms in total. The number of carbonyl (C=O) groups is 1. The van der Waals surface area contributed by atoms with Gasteiger partial charge in [0.1, 0.15) is 5.52 Å². The molecular weight excluding hydrogens is 433 g/mol. The maximum Gasteiger partial charge on any atom is 0.418 e. The van der Waals surface area contributed by atoms with Crippen LogP contribution >= 0.6 is 0 Å². The highest BCUT2D eigenvalue weighted by Crippen LogP contribution is 2.37. The number of anilines is 1. The van der Waals surface area contributed by atoms with Crippen LogP contribution in [0.15, 0.2) is 66.9 Å². The van der Waals surface area contributed by atoms with E-state index >= 15 is 0 Å². The SMILES string of the molecule is O=CNc1ccc(-c2ccc3nnn(Cc4ccc5ncccc5c4)c3n2)cc1C(F)(F)F. The number of amides is 1. The van der Waals surface area contributed by atoms with E-state index in [0.717, 1.165) is 22.5 Å². The molecule has 5 aromatic rings. The molecule has 2 aromatic carbocycles. The summed E-state index contributed by atoms with van der Waals surface area (Å²) in [4.78, 5) is 19.5. The minimum absolute atomic E-state index is 0.210. The first-order valence-corrected chi connectivity index (χ1v) is 9.88. The zero-order chi connectivity index (χ0) is 23.0. The van der Waals surface area contributed by atoms with E-state index in [2.05, 4.69) is 25.6 Å². The summed E-state index contributed by atoms with van der Waals surface area (Å²) in [5.41, 5.74) is 2.11. The van der Waals surface area contributed by atoms with Crippen molar-refractivity contribution in [2.45, 2.75) is 12.7 Å². The molecule has 0 aliphatic heterocycles. The number of hydrogen-bond donors (Lipinski definition) is 1. The maximum absolute atomic E-state index is 13.5. The number of halogens is 3. The molecule has 0 spiro atoms. The average molecular weight is 448 g/mol. The van der Waals surface area contributed by atoms with Gasteiger partial charge >= 0.3 is 6.18 Å². The molecule has 0 aliphatic carbocycles. The molecule has 33 heavy (non-hydrogen) atoms. The van der Waals surface area contributed by atoms with Crippen LogP contribution in [0.3, 0.4) is 0 Å². The highest BCUT2D eigenvalue weighted by Gasteiger charge is 2.34. The summed E-state index contributed by atoms with van der Waals surface area (Å²) in [5, 5.41) is 11.3. The lowest BCUT2D eigenvalue weighted by Gasteiger charge is -2.13. The van der Waals surface area contributed by atoms with Crippen molar-refractivity contribution >= 4 is 34.2 Å². The average Bonchev–Trinajstić information content (AvgIpc) is 3.20. The van der Waals surface area contributed by atoms with Crippen LogP contribution in [-0.2, 0) is 17.5 Å². The molecule has 164 valence electrons. The Balaban J connectivity index is 1.53. The van der Waals surface area contributed by atoms with Crippen LogP contribution in [-0.4, -0.2) is 31.4 Å². The van der Waals surface area contributed by atoms with Gasteiger partial charge in [-0.3, -0.25) is 9.78 Å². The first-order valence-electron chi connectivity index (χ1n) is 9.88. The van der Waals surface area contributed by atoms with Gasteiger partial charge < -0.3 is 5.32 Å². The number of aromatic nitrogens is 5. The van der Waals surface area contributed by atoms with Gasteiger partial charge in [-0.25, -0.2) is 9.67 Å². The van der Waals surface area contributed by atoms with Crippen molar-refractivity contribution in [2.75, 3.05) is 5.32 Å². The molecule has 0 radical (unpaired) electrons. The van der Waals surface area contributed by atoms with Crippen LogP contribution in [0, 0.1) is 0 Å². The Morgan fingerprint density at radius 1 is 1.00 bits per heavy atom. The fourth-order valence-corrected chi connectivity index (χ4v) is 3.64. The topological polar surface area (TPSA) is 85.6 Å². The summed E-state index contributed by atoms with van der Waals surface area (Å²) in [6.07, 6.45) is -2.70. The molecule has 3 aromatic heterocycles. The van der Waals surface area contributed by atoms with Crippen LogP contribution < -0.4 is 5.32 Å². The van der Waals surface area contributed by atoms with Gasteiger partial charge in [0.25, 0.3) is 0 Å². The second-order valence-electron chi connectivity index (χ2n) is 7.34. The van der Waals surface area contributed by atoms with Crippen molar-refractivity contribution in [1.82, 2.24) is 25.0 Å². The minimum Gasteiger partial charge on any atom is -0.328 e. The molecule has 0 saturated carbocycles. The van der Waals surface area contributed by atoms with Crippen LogP contribution in [0.25, 0.3) is 33.3 Å². The van der Waals surface area contributed by atoms with Crippen molar-refractivity contribution in [3.63, 3.8) is 0 Å². The number of fused-ring (bicyclic) bond motifs is 2. The lowest BCUT2D eigenvalue weighted by atomic mass is 10.0. The van der Waals surface area contributed by atoms with E-state index in [9.17, 15) is 18.0 Å². The highest BCUT2D eigenvalue weighted by atomic mass is 19.4. The number of benzene rings is 2. The molecule has 0 saturated heterocycles. The summed E-state index contributed by atoms with van der Waals surface area (Å²) in [7, 11) is 0. The summed E-state index contributed by atoms with van der Waals surface area (Å²) < 4.78 is 42.1. The number of hydrogen-bond acceptors (Lipinski definition) is 5. The lowest BCUT2D eigenvalue weighted by Crippen LogP contribution is -2.10. The van der Waals surface area contributed by atoms with Crippen LogP contribution in [0.1, 0.15) is 11.1 Å². The predicted molar refractivity (Wildman–Crippen MR) is 116 cm³/mol. The Kier molecular flexibility index (Phi) is 4.97. The van der Waals surface area contributed by atoms with Gasteiger partial charge in [0, 0.05) is 17.1 Å². The third kappa shape index (κ3) is 3.98. The second-order valence-corrected chi connectivity index (χ2v) is 7.34. The standard InChI is InChI=1S/C23H15F3N6O/c24-23(25,26)17-11-16(4-6-20(17)28-13-33)19-7-8-21-22(29-19)32(31-30-21)12-14-3-5-18-15(10-14)2-1-9-27-18/h1-11,13H,12H2,(H,28,33). The molecule has 0 atom stereocenters. The lowest BCUT2D eigenvalue weighted by molar-refractivity contribution is -0.136. The van der Waals surface area contributed by atoms with Crippen molar-refractivity contribution in [2.24, 2.45) is 0 Å². The number of nitrogens with zero attached hydrogens (tertiary/aromatic N) is 5. The fraction of sp³-hybridized carbons (Fsp3) is 0.0870. The van der Waals surface area contributed by atoms with Gasteiger partial charge in [-0.1, -0.05) is 23.4 Å². The Bertz CT molecular complexity index is 1500. The molecule has 1 N–H and O–H groups in total. The smallest absolute Gasteiger partial charge is 0.328 e. The van der Waals surface area contributed by atoms with Crippen LogP contribution in [0.2, 0.25) is 0 Å². The number of carbonyl (C=O) groups excluding carboxylic acids is 1. The predicted octanol–water partition coefficient (Wildman–Crippen LogP) is 4.68. The van der Waals surface area contributed by atoms with Gasteiger partial charge in [0.05, 0.1) is 29.0 Å². The quantitative estimate of drug-likeness (QED) is 0.395. The summed E-state index contributed by atoms with van der Waals surface area (Å²) in [5.74, 6) is 0. The summed E-state index contributed by atoms with van der Waals surface area (Å²) >= 11 is 0. The fourth-order valence-electron chi connectivity index (χ4n) is 3.64.